The summed E-state index contributed by atoms with van der Waals surface area (Å²) in [5.41, 5.74) is 8.13. The highest BCUT2D eigenvalue weighted by molar-refractivity contribution is 7.99. The van der Waals surface area contributed by atoms with Crippen molar-refractivity contribution in [3.8, 4) is 5.75 Å². The molecule has 2 amide bonds. The first-order valence-corrected chi connectivity index (χ1v) is 12.5. The Morgan fingerprint density at radius 3 is 2.46 bits per heavy atom. The van der Waals surface area contributed by atoms with Gasteiger partial charge in [0.05, 0.1) is 22.8 Å². The van der Waals surface area contributed by atoms with Gasteiger partial charge in [-0.15, -0.1) is 21.5 Å². The summed E-state index contributed by atoms with van der Waals surface area (Å²) in [5.74, 6) is -0.320. The average molecular weight is 518 g/mol. The third kappa shape index (κ3) is 6.40. The maximum absolute atomic E-state index is 12.6. The highest BCUT2D eigenvalue weighted by atomic mass is 32.2. The van der Waals surface area contributed by atoms with E-state index in [2.05, 4.69) is 21.6 Å². The molecule has 0 saturated carbocycles. The Balaban J connectivity index is 1.64. The molecule has 12 heteroatoms. The highest BCUT2D eigenvalue weighted by Crippen LogP contribution is 2.33. The van der Waals surface area contributed by atoms with Crippen molar-refractivity contribution in [1.82, 2.24) is 14.8 Å². The first-order chi connectivity index (χ1) is 16.6. The molecule has 0 unspecified atom stereocenters. The zero-order valence-electron chi connectivity index (χ0n) is 20.1. The number of thiophene rings is 1. The molecule has 1 aromatic carbocycles. The van der Waals surface area contributed by atoms with Crippen molar-refractivity contribution in [3.05, 3.63) is 51.2 Å². The number of hydrogen-bond acceptors (Lipinski definition) is 9. The van der Waals surface area contributed by atoms with Gasteiger partial charge in [-0.05, 0) is 56.5 Å². The van der Waals surface area contributed by atoms with Gasteiger partial charge in [-0.1, -0.05) is 17.8 Å². The fraction of sp³-hybridized carbons (Fsp3) is 0.348. The number of amides is 2. The third-order valence-electron chi connectivity index (χ3n) is 4.92. The van der Waals surface area contributed by atoms with Crippen molar-refractivity contribution >= 4 is 45.9 Å². The minimum atomic E-state index is -0.678. The first kappa shape index (κ1) is 26.2. The van der Waals surface area contributed by atoms with Gasteiger partial charge in [0.25, 0.3) is 5.91 Å². The smallest absolute Gasteiger partial charge is 0.341 e. The summed E-state index contributed by atoms with van der Waals surface area (Å²) in [6.07, 6.45) is 0. The third-order valence-corrected chi connectivity index (χ3v) is 7.17. The fourth-order valence-electron chi connectivity index (χ4n) is 3.34. The van der Waals surface area contributed by atoms with Gasteiger partial charge in [0, 0.05) is 7.05 Å². The van der Waals surface area contributed by atoms with E-state index in [1.165, 1.54) is 11.8 Å². The van der Waals surface area contributed by atoms with Crippen LogP contribution in [0.2, 0.25) is 0 Å². The van der Waals surface area contributed by atoms with Crippen LogP contribution in [0.25, 0.3) is 0 Å². The summed E-state index contributed by atoms with van der Waals surface area (Å²) in [7, 11) is 1.79. The van der Waals surface area contributed by atoms with Crippen LogP contribution in [0, 0.1) is 20.8 Å². The maximum Gasteiger partial charge on any atom is 0.341 e. The molecule has 0 spiro atoms. The lowest BCUT2D eigenvalue weighted by Gasteiger charge is -2.09. The van der Waals surface area contributed by atoms with Crippen LogP contribution in [-0.4, -0.2) is 44.9 Å². The molecule has 2 aromatic heterocycles. The molecule has 0 atom stereocenters. The predicted octanol–water partition coefficient (Wildman–Crippen LogP) is 3.39. The van der Waals surface area contributed by atoms with Crippen molar-refractivity contribution in [1.29, 1.82) is 0 Å². The largest absolute Gasteiger partial charge is 0.486 e. The minimum absolute atomic E-state index is 0.00895. The van der Waals surface area contributed by atoms with Crippen LogP contribution < -0.4 is 15.8 Å². The molecule has 10 nitrogen and oxygen atoms in total. The van der Waals surface area contributed by atoms with Gasteiger partial charge < -0.3 is 25.1 Å². The molecule has 0 aliphatic heterocycles. The summed E-state index contributed by atoms with van der Waals surface area (Å²) in [5, 5.41) is 11.7. The number of primary amides is 1. The zero-order chi connectivity index (χ0) is 25.7. The topological polar surface area (TPSA) is 138 Å². The van der Waals surface area contributed by atoms with Crippen LogP contribution in [0.3, 0.4) is 0 Å². The van der Waals surface area contributed by atoms with Crippen molar-refractivity contribution in [2.24, 2.45) is 12.8 Å². The molecule has 3 N–H and O–H groups in total. The lowest BCUT2D eigenvalue weighted by molar-refractivity contribution is -0.113. The standard InChI is InChI=1S/C23H27N5O5S2/c1-6-32-22(31)18-14(4)19(20(24)30)35-21(18)25-17(29)11-34-23-27-26-16(28(23)5)10-33-15-8-12(2)7-13(3)9-15/h7-9H,6,10-11H2,1-5H3,(H2,24,30)(H,25,29). The number of carbonyl (C=O) groups is 3. The van der Waals surface area contributed by atoms with Crippen molar-refractivity contribution in [2.75, 3.05) is 17.7 Å². The number of nitrogens with one attached hydrogen (secondary N) is 1. The molecular weight excluding hydrogens is 490 g/mol. The Labute approximate surface area is 211 Å². The fourth-order valence-corrected chi connectivity index (χ4v) is 5.13. The molecule has 0 bridgehead atoms. The van der Waals surface area contributed by atoms with Crippen LogP contribution in [0.4, 0.5) is 5.00 Å². The van der Waals surface area contributed by atoms with E-state index in [1.807, 2.05) is 26.0 Å². The Morgan fingerprint density at radius 2 is 1.83 bits per heavy atom. The van der Waals surface area contributed by atoms with Crippen LogP contribution in [0.15, 0.2) is 23.4 Å². The predicted molar refractivity (Wildman–Crippen MR) is 134 cm³/mol. The summed E-state index contributed by atoms with van der Waals surface area (Å²) < 4.78 is 12.7. The van der Waals surface area contributed by atoms with Gasteiger partial charge >= 0.3 is 5.97 Å². The molecule has 0 aliphatic rings. The van der Waals surface area contributed by atoms with E-state index in [0.717, 1.165) is 28.2 Å². The van der Waals surface area contributed by atoms with Crippen molar-refractivity contribution < 1.29 is 23.9 Å². The van der Waals surface area contributed by atoms with E-state index >= 15 is 0 Å². The van der Waals surface area contributed by atoms with Gasteiger partial charge in [0.2, 0.25) is 5.91 Å². The number of anilines is 1. The number of esters is 1. The molecule has 35 heavy (non-hydrogen) atoms. The van der Waals surface area contributed by atoms with Gasteiger partial charge in [-0.25, -0.2) is 4.79 Å². The Morgan fingerprint density at radius 1 is 1.14 bits per heavy atom. The van der Waals surface area contributed by atoms with Gasteiger partial charge in [-0.2, -0.15) is 0 Å². The number of nitrogens with zero attached hydrogens (tertiary/aromatic N) is 3. The summed E-state index contributed by atoms with van der Waals surface area (Å²) in [4.78, 5) is 36.9. The van der Waals surface area contributed by atoms with E-state index in [0.29, 0.717) is 16.5 Å². The van der Waals surface area contributed by atoms with E-state index in [-0.39, 0.29) is 40.3 Å². The van der Waals surface area contributed by atoms with Crippen LogP contribution >= 0.6 is 23.1 Å². The number of benzene rings is 1. The Kier molecular flexibility index (Phi) is 8.52. The number of aromatic nitrogens is 3. The van der Waals surface area contributed by atoms with Gasteiger partial charge in [-0.3, -0.25) is 9.59 Å². The van der Waals surface area contributed by atoms with Crippen LogP contribution in [-0.2, 0) is 23.2 Å². The number of hydrogen-bond donors (Lipinski definition) is 2. The minimum Gasteiger partial charge on any atom is -0.486 e. The molecular formula is C23H27N5O5S2. The maximum atomic E-state index is 12.6. The monoisotopic (exact) mass is 517 g/mol. The molecule has 0 fully saturated rings. The van der Waals surface area contributed by atoms with E-state index in [4.69, 9.17) is 15.2 Å². The Hall–Kier alpha value is -3.38. The highest BCUT2D eigenvalue weighted by Gasteiger charge is 2.26. The van der Waals surface area contributed by atoms with Crippen molar-refractivity contribution in [2.45, 2.75) is 39.5 Å². The Bertz CT molecular complexity index is 1250. The van der Waals surface area contributed by atoms with Crippen LogP contribution in [0.5, 0.6) is 5.75 Å². The van der Waals surface area contributed by atoms with Gasteiger partial charge in [0.1, 0.15) is 17.4 Å². The normalized spacial score (nSPS) is 10.8. The number of ether oxygens (including phenoxy) is 2. The zero-order valence-corrected chi connectivity index (χ0v) is 21.8. The second kappa shape index (κ2) is 11.4. The number of carbonyl (C=O) groups excluding carboxylic acids is 3. The molecule has 0 saturated heterocycles. The molecule has 3 aromatic rings. The lowest BCUT2D eigenvalue weighted by atomic mass is 10.1. The number of rotatable bonds is 10. The molecule has 2 heterocycles. The summed E-state index contributed by atoms with van der Waals surface area (Å²) in [6, 6.07) is 5.96. The van der Waals surface area contributed by atoms with Crippen LogP contribution in [0.1, 0.15) is 49.5 Å². The number of aryl methyl sites for hydroxylation is 2. The molecule has 0 radical (unpaired) electrons. The first-order valence-electron chi connectivity index (χ1n) is 10.7. The summed E-state index contributed by atoms with van der Waals surface area (Å²) in [6.45, 7) is 7.66. The number of nitrogens with two attached hydrogens (primary N) is 1. The summed E-state index contributed by atoms with van der Waals surface area (Å²) >= 11 is 2.13. The molecule has 3 rings (SSSR count). The van der Waals surface area contributed by atoms with E-state index in [1.54, 1.807) is 25.5 Å². The SMILES string of the molecule is CCOC(=O)c1c(NC(=O)CSc2nnc(COc3cc(C)cc(C)c3)n2C)sc(C(N)=O)c1C. The second-order valence-corrected chi connectivity index (χ2v) is 9.71. The van der Waals surface area contributed by atoms with E-state index in [9.17, 15) is 14.4 Å². The van der Waals surface area contributed by atoms with Gasteiger partial charge in [0.15, 0.2) is 11.0 Å². The van der Waals surface area contributed by atoms with Crippen molar-refractivity contribution in [3.63, 3.8) is 0 Å². The molecule has 0 aliphatic carbocycles. The lowest BCUT2D eigenvalue weighted by Crippen LogP contribution is -2.17. The van der Waals surface area contributed by atoms with E-state index < -0.39 is 11.9 Å². The second-order valence-electron chi connectivity index (χ2n) is 7.75. The average Bonchev–Trinajstić information content (AvgIpc) is 3.29. The quantitative estimate of drug-likeness (QED) is 0.308. The molecule has 186 valence electrons. The number of thioether (sulfide) groups is 1.